The Balaban J connectivity index is 1.74. The SMILES string of the molecule is CCCCC1CCC2(C)O[C@H]2C1. The van der Waals surface area contributed by atoms with Crippen molar-refractivity contribution < 1.29 is 4.74 Å². The van der Waals surface area contributed by atoms with Crippen molar-refractivity contribution in [3.8, 4) is 0 Å². The molecule has 1 nitrogen and oxygen atoms in total. The molecule has 2 aliphatic rings. The highest BCUT2D eigenvalue weighted by Crippen LogP contribution is 2.50. The summed E-state index contributed by atoms with van der Waals surface area (Å²) in [7, 11) is 0. The molecule has 0 aromatic rings. The van der Waals surface area contributed by atoms with Crippen LogP contribution in [-0.2, 0) is 4.74 Å². The first kappa shape index (κ1) is 8.55. The molecule has 12 heavy (non-hydrogen) atoms. The van der Waals surface area contributed by atoms with Crippen LogP contribution < -0.4 is 0 Å². The third-order valence-electron chi connectivity index (χ3n) is 3.60. The first-order chi connectivity index (χ1) is 5.74. The highest BCUT2D eigenvalue weighted by atomic mass is 16.6. The van der Waals surface area contributed by atoms with Crippen molar-refractivity contribution >= 4 is 0 Å². The van der Waals surface area contributed by atoms with Crippen molar-refractivity contribution in [3.63, 3.8) is 0 Å². The second-order valence-corrected chi connectivity index (χ2v) is 4.70. The van der Waals surface area contributed by atoms with E-state index >= 15 is 0 Å². The summed E-state index contributed by atoms with van der Waals surface area (Å²) >= 11 is 0. The zero-order chi connectivity index (χ0) is 8.60. The van der Waals surface area contributed by atoms with Crippen LogP contribution >= 0.6 is 0 Å². The maximum absolute atomic E-state index is 5.68. The van der Waals surface area contributed by atoms with Gasteiger partial charge in [-0.15, -0.1) is 0 Å². The average Bonchev–Trinajstić information content (AvgIpc) is 2.72. The van der Waals surface area contributed by atoms with Crippen LogP contribution in [0.1, 0.15) is 52.4 Å². The third kappa shape index (κ3) is 1.52. The predicted octanol–water partition coefficient (Wildman–Crippen LogP) is 3.13. The molecule has 2 unspecified atom stereocenters. The van der Waals surface area contributed by atoms with Gasteiger partial charge in [-0.2, -0.15) is 0 Å². The van der Waals surface area contributed by atoms with E-state index in [1.807, 2.05) is 0 Å². The molecule has 1 heterocycles. The summed E-state index contributed by atoms with van der Waals surface area (Å²) in [6.07, 6.45) is 8.89. The lowest BCUT2D eigenvalue weighted by Gasteiger charge is -2.21. The second-order valence-electron chi connectivity index (χ2n) is 4.70. The zero-order valence-corrected chi connectivity index (χ0v) is 8.31. The topological polar surface area (TPSA) is 12.5 Å². The Kier molecular flexibility index (Phi) is 2.16. The van der Waals surface area contributed by atoms with E-state index in [0.717, 1.165) is 5.92 Å². The number of hydrogen-bond donors (Lipinski definition) is 0. The van der Waals surface area contributed by atoms with Gasteiger partial charge in [0.2, 0.25) is 0 Å². The van der Waals surface area contributed by atoms with Crippen LogP contribution in [0.5, 0.6) is 0 Å². The second kappa shape index (κ2) is 3.02. The molecule has 2 fully saturated rings. The summed E-state index contributed by atoms with van der Waals surface area (Å²) in [4.78, 5) is 0. The number of rotatable bonds is 3. The highest BCUT2D eigenvalue weighted by molar-refractivity contribution is 5.03. The molecule has 0 radical (unpaired) electrons. The van der Waals surface area contributed by atoms with Gasteiger partial charge in [0, 0.05) is 0 Å². The quantitative estimate of drug-likeness (QED) is 0.590. The number of epoxide rings is 1. The van der Waals surface area contributed by atoms with E-state index in [1.54, 1.807) is 0 Å². The Bertz CT molecular complexity index is 166. The molecule has 3 atom stereocenters. The van der Waals surface area contributed by atoms with E-state index in [0.29, 0.717) is 11.7 Å². The summed E-state index contributed by atoms with van der Waals surface area (Å²) in [5.74, 6) is 0.977. The van der Waals surface area contributed by atoms with Crippen LogP contribution in [0.3, 0.4) is 0 Å². The normalized spacial score (nSPS) is 45.5. The highest BCUT2D eigenvalue weighted by Gasteiger charge is 2.54. The monoisotopic (exact) mass is 168 g/mol. The van der Waals surface area contributed by atoms with Crippen LogP contribution in [0.25, 0.3) is 0 Å². The first-order valence-corrected chi connectivity index (χ1v) is 5.42. The minimum atomic E-state index is 0.322. The van der Waals surface area contributed by atoms with Crippen molar-refractivity contribution in [3.05, 3.63) is 0 Å². The maximum atomic E-state index is 5.68. The minimum Gasteiger partial charge on any atom is -0.366 e. The van der Waals surface area contributed by atoms with Crippen molar-refractivity contribution in [1.82, 2.24) is 0 Å². The van der Waals surface area contributed by atoms with Crippen LogP contribution in [0, 0.1) is 5.92 Å². The summed E-state index contributed by atoms with van der Waals surface area (Å²) < 4.78 is 5.68. The summed E-state index contributed by atoms with van der Waals surface area (Å²) in [5.41, 5.74) is 0.322. The standard InChI is InChI=1S/C11H20O/c1-3-4-5-9-6-7-11(2)10(8-9)12-11/h9-10H,3-8H2,1-2H3/t9?,10-,11?/m0/s1. The molecule has 2 rings (SSSR count). The molecule has 1 saturated carbocycles. The fourth-order valence-electron chi connectivity index (χ4n) is 2.47. The summed E-state index contributed by atoms with van der Waals surface area (Å²) in [6, 6.07) is 0. The van der Waals surface area contributed by atoms with E-state index < -0.39 is 0 Å². The molecule has 0 spiro atoms. The maximum Gasteiger partial charge on any atom is 0.0920 e. The Hall–Kier alpha value is -0.0400. The van der Waals surface area contributed by atoms with Gasteiger partial charge in [-0.05, 0) is 32.1 Å². The van der Waals surface area contributed by atoms with Gasteiger partial charge in [0.05, 0.1) is 11.7 Å². The number of unbranched alkanes of at least 4 members (excludes halogenated alkanes) is 1. The first-order valence-electron chi connectivity index (χ1n) is 5.42. The molecule has 1 aliphatic carbocycles. The van der Waals surface area contributed by atoms with Crippen LogP contribution in [0.2, 0.25) is 0 Å². The van der Waals surface area contributed by atoms with Crippen LogP contribution in [0.15, 0.2) is 0 Å². The fraction of sp³-hybridized carbons (Fsp3) is 1.00. The van der Waals surface area contributed by atoms with Gasteiger partial charge < -0.3 is 4.74 Å². The van der Waals surface area contributed by atoms with Crippen molar-refractivity contribution in [2.24, 2.45) is 5.92 Å². The summed E-state index contributed by atoms with van der Waals surface area (Å²) in [5, 5.41) is 0. The van der Waals surface area contributed by atoms with E-state index in [2.05, 4.69) is 13.8 Å². The van der Waals surface area contributed by atoms with Gasteiger partial charge >= 0.3 is 0 Å². The molecule has 1 saturated heterocycles. The Labute approximate surface area is 75.5 Å². The lowest BCUT2D eigenvalue weighted by Crippen LogP contribution is -2.21. The van der Waals surface area contributed by atoms with E-state index in [-0.39, 0.29) is 0 Å². The van der Waals surface area contributed by atoms with Gasteiger partial charge in [-0.25, -0.2) is 0 Å². The van der Waals surface area contributed by atoms with Gasteiger partial charge in [-0.3, -0.25) is 0 Å². The lowest BCUT2D eigenvalue weighted by atomic mass is 9.81. The molecule has 0 aromatic heterocycles. The molecule has 0 bridgehead atoms. The van der Waals surface area contributed by atoms with E-state index in [1.165, 1.54) is 38.5 Å². The summed E-state index contributed by atoms with van der Waals surface area (Å²) in [6.45, 7) is 4.55. The van der Waals surface area contributed by atoms with Gasteiger partial charge in [0.25, 0.3) is 0 Å². The van der Waals surface area contributed by atoms with E-state index in [9.17, 15) is 0 Å². The largest absolute Gasteiger partial charge is 0.366 e. The molecular formula is C11H20O. The molecule has 0 amide bonds. The van der Waals surface area contributed by atoms with Crippen molar-refractivity contribution in [1.29, 1.82) is 0 Å². The van der Waals surface area contributed by atoms with Crippen molar-refractivity contribution in [2.75, 3.05) is 0 Å². The smallest absolute Gasteiger partial charge is 0.0920 e. The van der Waals surface area contributed by atoms with Gasteiger partial charge in [-0.1, -0.05) is 26.2 Å². The zero-order valence-electron chi connectivity index (χ0n) is 8.31. The fourth-order valence-corrected chi connectivity index (χ4v) is 2.47. The molecule has 0 aromatic carbocycles. The Morgan fingerprint density at radius 3 is 3.00 bits per heavy atom. The number of fused-ring (bicyclic) bond motifs is 1. The van der Waals surface area contributed by atoms with E-state index in [4.69, 9.17) is 4.74 Å². The lowest BCUT2D eigenvalue weighted by molar-refractivity contribution is 0.298. The average molecular weight is 168 g/mol. The Morgan fingerprint density at radius 1 is 1.50 bits per heavy atom. The molecule has 0 N–H and O–H groups in total. The van der Waals surface area contributed by atoms with Crippen LogP contribution in [-0.4, -0.2) is 11.7 Å². The minimum absolute atomic E-state index is 0.322. The number of ether oxygens (including phenoxy) is 1. The molecule has 70 valence electrons. The van der Waals surface area contributed by atoms with Gasteiger partial charge in [0.1, 0.15) is 0 Å². The molecule has 1 aliphatic heterocycles. The third-order valence-corrected chi connectivity index (χ3v) is 3.60. The van der Waals surface area contributed by atoms with Gasteiger partial charge in [0.15, 0.2) is 0 Å². The Morgan fingerprint density at radius 2 is 2.33 bits per heavy atom. The van der Waals surface area contributed by atoms with Crippen LogP contribution in [0.4, 0.5) is 0 Å². The molecular weight excluding hydrogens is 148 g/mol. The molecule has 1 heteroatoms. The van der Waals surface area contributed by atoms with Crippen molar-refractivity contribution in [2.45, 2.75) is 64.1 Å². The predicted molar refractivity (Wildman–Crippen MR) is 50.1 cm³/mol. The number of hydrogen-bond acceptors (Lipinski definition) is 1.